The molecule has 0 spiro atoms. The molecule has 0 bridgehead atoms. The molecule has 1 N–H and O–H groups in total. The highest BCUT2D eigenvalue weighted by Crippen LogP contribution is 2.39. The van der Waals surface area contributed by atoms with Crippen molar-refractivity contribution >= 4 is 17.7 Å². The first-order chi connectivity index (χ1) is 20.0. The zero-order chi connectivity index (χ0) is 28.5. The number of aromatic nitrogens is 3. The Balaban J connectivity index is 1.49. The van der Waals surface area contributed by atoms with Crippen LogP contribution < -0.4 is 5.32 Å². The number of carbonyl (C=O) groups is 2. The number of anilines is 1. The summed E-state index contributed by atoms with van der Waals surface area (Å²) in [6.07, 6.45) is 2.96. The fraction of sp³-hybridized carbons (Fsp3) is 0.182. The molecule has 0 radical (unpaired) electrons. The van der Waals surface area contributed by atoms with Crippen LogP contribution in [0.25, 0.3) is 11.5 Å². The zero-order valence-electron chi connectivity index (χ0n) is 23.2. The maximum atomic E-state index is 14.2. The summed E-state index contributed by atoms with van der Waals surface area (Å²) in [7, 11) is 1.34. The Morgan fingerprint density at radius 1 is 0.976 bits per heavy atom. The fourth-order valence-corrected chi connectivity index (χ4v) is 5.47. The highest BCUT2D eigenvalue weighted by Gasteiger charge is 2.36. The Hall–Kier alpha value is -5.11. The third kappa shape index (κ3) is 4.78. The molecule has 2 amide bonds. The van der Waals surface area contributed by atoms with E-state index in [0.29, 0.717) is 17.8 Å². The van der Waals surface area contributed by atoms with Crippen molar-refractivity contribution in [3.05, 3.63) is 131 Å². The first-order valence-electron chi connectivity index (χ1n) is 13.6. The Kier molecular flexibility index (Phi) is 6.89. The van der Waals surface area contributed by atoms with Gasteiger partial charge in [-0.3, -0.25) is 0 Å². The Labute approximate surface area is 238 Å². The average Bonchev–Trinajstić information content (AvgIpc) is 3.57. The van der Waals surface area contributed by atoms with Gasteiger partial charge in [0.05, 0.1) is 42.3 Å². The minimum absolute atomic E-state index is 0.288. The van der Waals surface area contributed by atoms with Crippen molar-refractivity contribution in [1.82, 2.24) is 19.2 Å². The molecule has 2 aromatic heterocycles. The van der Waals surface area contributed by atoms with E-state index in [1.54, 1.807) is 24.3 Å². The van der Waals surface area contributed by atoms with Gasteiger partial charge < -0.3 is 19.5 Å². The predicted molar refractivity (Wildman–Crippen MR) is 158 cm³/mol. The van der Waals surface area contributed by atoms with Crippen molar-refractivity contribution in [3.63, 3.8) is 0 Å². The Morgan fingerprint density at radius 2 is 1.76 bits per heavy atom. The maximum absolute atomic E-state index is 14.2. The first kappa shape index (κ1) is 26.1. The Bertz CT molecular complexity index is 1720. The van der Waals surface area contributed by atoms with E-state index >= 15 is 0 Å². The number of fused-ring (bicyclic) bond motifs is 3. The lowest BCUT2D eigenvalue weighted by Gasteiger charge is -2.31. The molecule has 5 aromatic rings. The number of hydrogen-bond donors (Lipinski definition) is 1. The van der Waals surface area contributed by atoms with Crippen LogP contribution in [0.2, 0.25) is 0 Å². The highest BCUT2D eigenvalue weighted by atomic mass is 16.5. The molecular weight excluding hydrogens is 514 g/mol. The minimum atomic E-state index is -0.462. The van der Waals surface area contributed by atoms with Crippen LogP contribution in [0.1, 0.15) is 51.4 Å². The lowest BCUT2D eigenvalue weighted by Crippen LogP contribution is -2.38. The second-order valence-electron chi connectivity index (χ2n) is 10.1. The van der Waals surface area contributed by atoms with Crippen LogP contribution in [-0.2, 0) is 17.7 Å². The van der Waals surface area contributed by atoms with E-state index < -0.39 is 5.97 Å². The van der Waals surface area contributed by atoms with Gasteiger partial charge in [-0.2, -0.15) is 5.10 Å². The molecule has 206 valence electrons. The number of methoxy groups -OCH3 is 1. The molecule has 8 nitrogen and oxygen atoms in total. The molecule has 0 saturated heterocycles. The van der Waals surface area contributed by atoms with Crippen LogP contribution in [0.4, 0.5) is 10.5 Å². The maximum Gasteiger partial charge on any atom is 0.337 e. The van der Waals surface area contributed by atoms with Crippen molar-refractivity contribution in [2.75, 3.05) is 12.4 Å². The summed E-state index contributed by atoms with van der Waals surface area (Å²) in [6, 6.07) is 28.6. The number of para-hydroxylation sites is 1. The standard InChI is InChI=1S/C33H31N5O3/c1-4-23-15-17-24(18-16-23)30-29-14-9-19-36(29)31-28(22(2)35-38(31)27-12-6-5-7-13-27)21-37(30)33(40)34-26-11-8-10-25(20-26)32(39)41-3/h5-20,30H,4,21H2,1-3H3,(H,34,40)/t30-/m1/s1. The molecule has 1 aliphatic rings. The van der Waals surface area contributed by atoms with E-state index in [1.807, 2.05) is 59.1 Å². The van der Waals surface area contributed by atoms with Crippen molar-refractivity contribution in [2.45, 2.75) is 32.9 Å². The number of ether oxygens (including phenoxy) is 1. The van der Waals surface area contributed by atoms with Crippen LogP contribution in [0.15, 0.2) is 97.2 Å². The van der Waals surface area contributed by atoms with E-state index in [0.717, 1.165) is 40.4 Å². The summed E-state index contributed by atoms with van der Waals surface area (Å²) in [5.41, 5.74) is 6.79. The summed E-state index contributed by atoms with van der Waals surface area (Å²) in [5.74, 6) is 0.447. The van der Waals surface area contributed by atoms with Crippen LogP contribution in [-0.4, -0.2) is 38.4 Å². The van der Waals surface area contributed by atoms with Crippen LogP contribution in [0.3, 0.4) is 0 Å². The van der Waals surface area contributed by atoms with E-state index in [2.05, 4.69) is 47.1 Å². The summed E-state index contributed by atoms with van der Waals surface area (Å²) < 4.78 is 8.97. The molecule has 3 heterocycles. The number of amides is 2. The van der Waals surface area contributed by atoms with Gasteiger partial charge in [0.25, 0.3) is 0 Å². The zero-order valence-corrected chi connectivity index (χ0v) is 23.2. The largest absolute Gasteiger partial charge is 0.465 e. The molecule has 1 aliphatic heterocycles. The number of urea groups is 1. The smallest absolute Gasteiger partial charge is 0.337 e. The quantitative estimate of drug-likeness (QED) is 0.257. The molecule has 0 fully saturated rings. The molecular formula is C33H31N5O3. The van der Waals surface area contributed by atoms with Crippen molar-refractivity contribution in [3.8, 4) is 11.5 Å². The lowest BCUT2D eigenvalue weighted by molar-refractivity contribution is 0.0600. The van der Waals surface area contributed by atoms with Crippen molar-refractivity contribution < 1.29 is 14.3 Å². The summed E-state index contributed by atoms with van der Waals surface area (Å²) in [5, 5.41) is 7.94. The van der Waals surface area contributed by atoms with E-state index in [-0.39, 0.29) is 12.1 Å². The van der Waals surface area contributed by atoms with Gasteiger partial charge in [-0.05, 0) is 66.9 Å². The number of nitrogens with zero attached hydrogens (tertiary/aromatic N) is 4. The number of aryl methyl sites for hydroxylation is 2. The SMILES string of the molecule is CCc1ccc([C@@H]2c3cccn3-c3c(c(C)nn3-c3ccccc3)CN2C(=O)Nc2cccc(C(=O)OC)c2)cc1. The van der Waals surface area contributed by atoms with Gasteiger partial charge in [-0.15, -0.1) is 0 Å². The van der Waals surface area contributed by atoms with Gasteiger partial charge in [0.1, 0.15) is 5.82 Å². The number of hydrogen-bond acceptors (Lipinski definition) is 4. The number of esters is 1. The number of benzene rings is 3. The average molecular weight is 546 g/mol. The monoisotopic (exact) mass is 545 g/mol. The molecule has 8 heteroatoms. The van der Waals surface area contributed by atoms with E-state index in [9.17, 15) is 9.59 Å². The molecule has 0 aliphatic carbocycles. The number of nitrogens with one attached hydrogen (secondary N) is 1. The van der Waals surface area contributed by atoms with Crippen LogP contribution in [0.5, 0.6) is 0 Å². The Morgan fingerprint density at radius 3 is 2.49 bits per heavy atom. The van der Waals surface area contributed by atoms with Crippen molar-refractivity contribution in [1.29, 1.82) is 0 Å². The molecule has 0 saturated carbocycles. The summed E-state index contributed by atoms with van der Waals surface area (Å²) >= 11 is 0. The number of carbonyl (C=O) groups excluding carboxylic acids is 2. The van der Waals surface area contributed by atoms with Gasteiger partial charge in [0, 0.05) is 17.4 Å². The van der Waals surface area contributed by atoms with Gasteiger partial charge in [0.2, 0.25) is 0 Å². The molecule has 6 rings (SSSR count). The first-order valence-corrected chi connectivity index (χ1v) is 13.6. The lowest BCUT2D eigenvalue weighted by atomic mass is 9.99. The third-order valence-corrected chi connectivity index (χ3v) is 7.59. The minimum Gasteiger partial charge on any atom is -0.465 e. The summed E-state index contributed by atoms with van der Waals surface area (Å²) in [6.45, 7) is 4.44. The molecule has 3 aromatic carbocycles. The highest BCUT2D eigenvalue weighted by molar-refractivity contribution is 5.94. The van der Waals surface area contributed by atoms with Gasteiger partial charge in [-0.1, -0.05) is 55.5 Å². The third-order valence-electron chi connectivity index (χ3n) is 7.59. The number of rotatable bonds is 5. The molecule has 0 unspecified atom stereocenters. The van der Waals surface area contributed by atoms with E-state index in [4.69, 9.17) is 9.84 Å². The predicted octanol–water partition coefficient (Wildman–Crippen LogP) is 6.46. The molecule has 1 atom stereocenters. The van der Waals surface area contributed by atoms with Crippen LogP contribution >= 0.6 is 0 Å². The fourth-order valence-electron chi connectivity index (χ4n) is 5.47. The van der Waals surface area contributed by atoms with E-state index in [1.165, 1.54) is 12.7 Å². The van der Waals surface area contributed by atoms with Gasteiger partial charge in [-0.25, -0.2) is 14.3 Å². The van der Waals surface area contributed by atoms with Gasteiger partial charge in [0.15, 0.2) is 0 Å². The molecule has 41 heavy (non-hydrogen) atoms. The normalized spacial score (nSPS) is 14.1. The van der Waals surface area contributed by atoms with Crippen molar-refractivity contribution in [2.24, 2.45) is 0 Å². The topological polar surface area (TPSA) is 81.4 Å². The second kappa shape index (κ2) is 10.8. The second-order valence-corrected chi connectivity index (χ2v) is 10.1. The summed E-state index contributed by atoms with van der Waals surface area (Å²) in [4.78, 5) is 28.1. The van der Waals surface area contributed by atoms with Gasteiger partial charge >= 0.3 is 12.0 Å². The van der Waals surface area contributed by atoms with Crippen LogP contribution in [0, 0.1) is 6.92 Å².